The van der Waals surface area contributed by atoms with Gasteiger partial charge < -0.3 is 14.2 Å². The Kier molecular flexibility index (Phi) is 11.1. The topological polar surface area (TPSA) is 19.6 Å². The summed E-state index contributed by atoms with van der Waals surface area (Å²) in [5.41, 5.74) is 22.1. The Morgan fingerprint density at radius 3 is 1.26 bits per heavy atom. The summed E-state index contributed by atoms with van der Waals surface area (Å²) in [6, 6.07) is 77.6. The number of anilines is 6. The fraction of sp³-hybridized carbons (Fsp3) is 0.183. The van der Waals surface area contributed by atoms with E-state index < -0.39 is 5.41 Å². The van der Waals surface area contributed by atoms with Crippen molar-refractivity contribution in [3.8, 4) is 11.1 Å². The monoisotopic (exact) mass is 961 g/mol. The van der Waals surface area contributed by atoms with E-state index in [2.05, 4.69) is 285 Å². The Morgan fingerprint density at radius 1 is 0.365 bits per heavy atom. The molecule has 3 nitrogen and oxygen atoms in total. The molecule has 1 aliphatic rings. The van der Waals surface area contributed by atoms with Crippen LogP contribution in [0.25, 0.3) is 43.8 Å². The third-order valence-corrected chi connectivity index (χ3v) is 15.5. The first-order valence-electron chi connectivity index (χ1n) is 26.2. The van der Waals surface area contributed by atoms with E-state index in [1.165, 1.54) is 66.6 Å². The van der Waals surface area contributed by atoms with E-state index >= 15 is 0 Å². The van der Waals surface area contributed by atoms with Crippen molar-refractivity contribution in [2.75, 3.05) is 9.80 Å². The number of hydrogen-bond acceptors (Lipinski definition) is 3. The van der Waals surface area contributed by atoms with Gasteiger partial charge in [0, 0.05) is 39.1 Å². The van der Waals surface area contributed by atoms with E-state index in [0.717, 1.165) is 67.0 Å². The van der Waals surface area contributed by atoms with Crippen LogP contribution >= 0.6 is 0 Å². The Balaban J connectivity index is 1.27. The van der Waals surface area contributed by atoms with E-state index in [1.807, 2.05) is 0 Å². The minimum absolute atomic E-state index is 0.00473. The van der Waals surface area contributed by atoms with Crippen molar-refractivity contribution in [1.82, 2.24) is 0 Å². The van der Waals surface area contributed by atoms with Crippen molar-refractivity contribution < 1.29 is 4.42 Å². The van der Waals surface area contributed by atoms with E-state index in [0.29, 0.717) is 0 Å². The molecule has 0 unspecified atom stereocenters. The van der Waals surface area contributed by atoms with Gasteiger partial charge in [-0.3, -0.25) is 0 Å². The lowest BCUT2D eigenvalue weighted by atomic mass is 9.67. The van der Waals surface area contributed by atoms with Crippen LogP contribution in [-0.4, -0.2) is 0 Å². The molecule has 0 saturated carbocycles. The highest BCUT2D eigenvalue weighted by Crippen LogP contribution is 2.63. The fourth-order valence-corrected chi connectivity index (χ4v) is 12.3. The maximum absolute atomic E-state index is 7.48. The minimum Gasteiger partial charge on any atom is -0.455 e. The van der Waals surface area contributed by atoms with Crippen LogP contribution in [0.15, 0.2) is 211 Å². The Bertz CT molecular complexity index is 3860. The van der Waals surface area contributed by atoms with Gasteiger partial charge in [0.25, 0.3) is 0 Å². The van der Waals surface area contributed by atoms with Crippen LogP contribution in [0.5, 0.6) is 0 Å². The average Bonchev–Trinajstić information content (AvgIpc) is 3.97. The number of furan rings is 1. The number of aryl methyl sites for hydroxylation is 4. The smallest absolute Gasteiger partial charge is 0.145 e. The maximum atomic E-state index is 7.48. The molecule has 0 amide bonds. The van der Waals surface area contributed by atoms with Crippen LogP contribution in [0.4, 0.5) is 34.1 Å². The summed E-state index contributed by atoms with van der Waals surface area (Å²) < 4.78 is 7.48. The number of fused-ring (bicyclic) bond motifs is 9. The highest BCUT2D eigenvalue weighted by molar-refractivity contribution is 6.22. The summed E-state index contributed by atoms with van der Waals surface area (Å²) in [6.07, 6.45) is 0. The Morgan fingerprint density at radius 2 is 0.770 bits per heavy atom. The van der Waals surface area contributed by atoms with Gasteiger partial charge in [-0.15, -0.1) is 0 Å². The molecule has 0 bridgehead atoms. The standard InChI is InChI=1S/C71H64N2O/c1-45-37-46(2)40-55(39-45)72(53-33-29-49(30-34-53)69(5,6)7)62-43-60-65(58-26-18-17-25-57(58)62)67-61(71(60,51-21-13-11-14-22-51)52-23-15-12-16-24-52)44-63(66-59-27-19-20-28-64(59)74-68(66)67)73(56-41-47(3)38-48(4)42-56)54-35-31-50(32-36-54)70(8,9)10/h11-44H,1-10H3. The molecule has 1 heterocycles. The highest BCUT2D eigenvalue weighted by Gasteiger charge is 2.50. The number of hydrogen-bond donors (Lipinski definition) is 0. The SMILES string of the molecule is Cc1cc(C)cc(N(c2ccc(C(C)(C)C)cc2)c2cc3c(c4ccccc24)-c2c(cc(N(c4ccc(C(C)(C)C)cc4)c4cc(C)cc(C)c4)c4c2oc2ccccc24)C3(c2ccccc2)c2ccccc2)c1. The maximum Gasteiger partial charge on any atom is 0.145 e. The van der Waals surface area contributed by atoms with Gasteiger partial charge in [0.05, 0.1) is 22.2 Å². The molecule has 0 saturated heterocycles. The van der Waals surface area contributed by atoms with Gasteiger partial charge in [0.2, 0.25) is 0 Å². The normalized spacial score (nSPS) is 13.1. The van der Waals surface area contributed by atoms with Gasteiger partial charge >= 0.3 is 0 Å². The molecule has 0 aliphatic heterocycles. The van der Waals surface area contributed by atoms with Gasteiger partial charge in [-0.1, -0.05) is 181 Å². The van der Waals surface area contributed by atoms with Crippen molar-refractivity contribution >= 4 is 66.8 Å². The predicted octanol–water partition coefficient (Wildman–Crippen LogP) is 19.9. The number of nitrogens with zero attached hydrogens (tertiary/aromatic N) is 2. The second kappa shape index (κ2) is 17.5. The summed E-state index contributed by atoms with van der Waals surface area (Å²) in [6.45, 7) is 22.6. The second-order valence-electron chi connectivity index (χ2n) is 22.9. The Labute approximate surface area is 437 Å². The lowest BCUT2D eigenvalue weighted by molar-refractivity contribution is 0.590. The lowest BCUT2D eigenvalue weighted by Gasteiger charge is -2.36. The second-order valence-corrected chi connectivity index (χ2v) is 22.9. The van der Waals surface area contributed by atoms with Crippen LogP contribution in [0.1, 0.15) is 97.2 Å². The summed E-state index contributed by atoms with van der Waals surface area (Å²) in [5.74, 6) is 0. The zero-order valence-electron chi connectivity index (χ0n) is 44.4. The molecule has 0 atom stereocenters. The summed E-state index contributed by atoms with van der Waals surface area (Å²) in [7, 11) is 0. The molecule has 0 N–H and O–H groups in total. The molecular weight excluding hydrogens is 897 g/mol. The summed E-state index contributed by atoms with van der Waals surface area (Å²) >= 11 is 0. The first-order valence-corrected chi connectivity index (χ1v) is 26.2. The molecule has 0 radical (unpaired) electrons. The summed E-state index contributed by atoms with van der Waals surface area (Å²) in [5, 5.41) is 4.51. The van der Waals surface area contributed by atoms with Gasteiger partial charge in [-0.25, -0.2) is 0 Å². The third-order valence-electron chi connectivity index (χ3n) is 15.5. The van der Waals surface area contributed by atoms with Crippen LogP contribution in [0.3, 0.4) is 0 Å². The molecule has 0 spiro atoms. The Hall–Kier alpha value is -8.14. The zero-order valence-corrected chi connectivity index (χ0v) is 44.4. The molecule has 3 heteroatoms. The molecule has 10 aromatic carbocycles. The van der Waals surface area contributed by atoms with Crippen molar-refractivity contribution in [3.63, 3.8) is 0 Å². The van der Waals surface area contributed by atoms with E-state index in [-0.39, 0.29) is 10.8 Å². The summed E-state index contributed by atoms with van der Waals surface area (Å²) in [4.78, 5) is 5.00. The first-order chi connectivity index (χ1) is 35.6. The fourth-order valence-electron chi connectivity index (χ4n) is 12.3. The third kappa shape index (κ3) is 7.63. The minimum atomic E-state index is -0.803. The van der Waals surface area contributed by atoms with E-state index in [1.54, 1.807) is 0 Å². The number of rotatable bonds is 8. The van der Waals surface area contributed by atoms with Gasteiger partial charge in [-0.2, -0.15) is 0 Å². The lowest BCUT2D eigenvalue weighted by Crippen LogP contribution is -2.29. The van der Waals surface area contributed by atoms with Gasteiger partial charge in [0.15, 0.2) is 0 Å². The molecule has 11 aromatic rings. The number of benzene rings is 10. The van der Waals surface area contributed by atoms with Crippen molar-refractivity contribution in [3.05, 3.63) is 262 Å². The van der Waals surface area contributed by atoms with Crippen molar-refractivity contribution in [2.24, 2.45) is 0 Å². The molecular formula is C71H64N2O. The van der Waals surface area contributed by atoms with Crippen LogP contribution in [0, 0.1) is 27.7 Å². The first kappa shape index (κ1) is 46.9. The zero-order chi connectivity index (χ0) is 51.3. The average molecular weight is 961 g/mol. The molecule has 12 rings (SSSR count). The largest absolute Gasteiger partial charge is 0.455 e. The predicted molar refractivity (Wildman–Crippen MR) is 314 cm³/mol. The molecule has 1 aliphatic carbocycles. The van der Waals surface area contributed by atoms with Crippen molar-refractivity contribution in [1.29, 1.82) is 0 Å². The van der Waals surface area contributed by atoms with Gasteiger partial charge in [-0.05, 0) is 172 Å². The molecule has 364 valence electrons. The van der Waals surface area contributed by atoms with Crippen molar-refractivity contribution in [2.45, 2.75) is 85.5 Å². The molecule has 0 fully saturated rings. The van der Waals surface area contributed by atoms with Crippen LogP contribution in [-0.2, 0) is 16.2 Å². The highest BCUT2D eigenvalue weighted by atomic mass is 16.3. The molecule has 74 heavy (non-hydrogen) atoms. The van der Waals surface area contributed by atoms with E-state index in [4.69, 9.17) is 4.42 Å². The van der Waals surface area contributed by atoms with Crippen LogP contribution < -0.4 is 9.80 Å². The van der Waals surface area contributed by atoms with Crippen LogP contribution in [0.2, 0.25) is 0 Å². The number of para-hydroxylation sites is 1. The van der Waals surface area contributed by atoms with Gasteiger partial charge in [0.1, 0.15) is 11.2 Å². The quantitative estimate of drug-likeness (QED) is 0.151. The molecule has 1 aromatic heterocycles. The van der Waals surface area contributed by atoms with E-state index in [9.17, 15) is 0 Å².